The van der Waals surface area contributed by atoms with Crippen molar-refractivity contribution in [3.05, 3.63) is 50.1 Å². The Hall–Kier alpha value is -2.02. The summed E-state index contributed by atoms with van der Waals surface area (Å²) in [5.41, 5.74) is 0.675. The molecule has 0 saturated heterocycles. The van der Waals surface area contributed by atoms with Gasteiger partial charge in [-0.05, 0) is 37.3 Å². The lowest BCUT2D eigenvalue weighted by molar-refractivity contribution is -0.116. The van der Waals surface area contributed by atoms with Gasteiger partial charge in [0.2, 0.25) is 5.91 Å². The van der Waals surface area contributed by atoms with Gasteiger partial charge in [0.25, 0.3) is 0 Å². The van der Waals surface area contributed by atoms with Crippen LogP contribution >= 0.6 is 11.3 Å². The Balaban J connectivity index is 1.79. The molecule has 1 N–H and O–H groups in total. The molecule has 7 heteroatoms. The molecule has 0 saturated carbocycles. The zero-order valence-corrected chi connectivity index (χ0v) is 13.4. The molecule has 122 valence electrons. The smallest absolute Gasteiger partial charge is 0.308 e. The van der Waals surface area contributed by atoms with Crippen molar-refractivity contribution in [1.82, 2.24) is 4.57 Å². The molecular weight excluding hydrogens is 322 g/mol. The van der Waals surface area contributed by atoms with Crippen molar-refractivity contribution in [2.24, 2.45) is 5.92 Å². The minimum Gasteiger partial charge on any atom is -0.322 e. The first kappa shape index (κ1) is 15.9. The number of nitrogens with zero attached hydrogens (tertiary/aromatic N) is 1. The molecule has 1 aliphatic rings. The SMILES string of the molecule is C[C@H]1CCc2c(sc(=O)n2CC(=O)Nc2cc(F)ccc2F)C1. The van der Waals surface area contributed by atoms with Gasteiger partial charge in [-0.25, -0.2) is 8.78 Å². The molecule has 0 fully saturated rings. The Kier molecular flexibility index (Phi) is 4.30. The van der Waals surface area contributed by atoms with Crippen molar-refractivity contribution in [2.45, 2.75) is 32.7 Å². The average molecular weight is 338 g/mol. The second-order valence-corrected chi connectivity index (χ2v) is 6.89. The number of anilines is 1. The predicted molar refractivity (Wildman–Crippen MR) is 84.8 cm³/mol. The van der Waals surface area contributed by atoms with Crippen LogP contribution < -0.4 is 10.2 Å². The van der Waals surface area contributed by atoms with E-state index in [0.29, 0.717) is 5.92 Å². The third-order valence-corrected chi connectivity index (χ3v) is 5.03. The highest BCUT2D eigenvalue weighted by Gasteiger charge is 2.23. The Labute approximate surface area is 135 Å². The van der Waals surface area contributed by atoms with E-state index in [4.69, 9.17) is 0 Å². The number of hydrogen-bond donors (Lipinski definition) is 1. The lowest BCUT2D eigenvalue weighted by Crippen LogP contribution is -2.27. The lowest BCUT2D eigenvalue weighted by Gasteiger charge is -2.19. The molecule has 1 aromatic heterocycles. The van der Waals surface area contributed by atoms with E-state index in [2.05, 4.69) is 12.2 Å². The van der Waals surface area contributed by atoms with Gasteiger partial charge in [-0.2, -0.15) is 0 Å². The molecule has 2 aromatic rings. The van der Waals surface area contributed by atoms with Crippen molar-refractivity contribution in [2.75, 3.05) is 5.32 Å². The maximum absolute atomic E-state index is 13.6. The summed E-state index contributed by atoms with van der Waals surface area (Å²) in [7, 11) is 0. The van der Waals surface area contributed by atoms with Crippen LogP contribution in [-0.4, -0.2) is 10.5 Å². The number of halogens is 2. The number of carbonyl (C=O) groups is 1. The number of nitrogens with one attached hydrogen (secondary N) is 1. The van der Waals surface area contributed by atoms with Gasteiger partial charge in [0.05, 0.1) is 5.69 Å². The number of thiazole rings is 1. The van der Waals surface area contributed by atoms with Crippen LogP contribution in [0.1, 0.15) is 23.9 Å². The Morgan fingerprint density at radius 3 is 3.00 bits per heavy atom. The van der Waals surface area contributed by atoms with Crippen LogP contribution in [-0.2, 0) is 24.2 Å². The van der Waals surface area contributed by atoms with Crippen molar-refractivity contribution < 1.29 is 13.6 Å². The summed E-state index contributed by atoms with van der Waals surface area (Å²) in [4.78, 5) is 25.0. The summed E-state index contributed by atoms with van der Waals surface area (Å²) in [6, 6.07) is 2.84. The van der Waals surface area contributed by atoms with Crippen LogP contribution in [0.5, 0.6) is 0 Å². The van der Waals surface area contributed by atoms with Gasteiger partial charge in [-0.1, -0.05) is 18.3 Å². The van der Waals surface area contributed by atoms with Gasteiger partial charge >= 0.3 is 4.87 Å². The molecule has 0 aliphatic heterocycles. The molecule has 1 aromatic carbocycles. The maximum atomic E-state index is 13.6. The normalized spacial score (nSPS) is 16.9. The quantitative estimate of drug-likeness (QED) is 0.935. The highest BCUT2D eigenvalue weighted by molar-refractivity contribution is 7.09. The highest BCUT2D eigenvalue weighted by atomic mass is 32.1. The average Bonchev–Trinajstić information content (AvgIpc) is 2.78. The minimum absolute atomic E-state index is 0.182. The van der Waals surface area contributed by atoms with Crippen LogP contribution in [0, 0.1) is 17.6 Å². The molecule has 1 aliphatic carbocycles. The third kappa shape index (κ3) is 3.34. The molecule has 4 nitrogen and oxygen atoms in total. The number of benzene rings is 1. The van der Waals surface area contributed by atoms with Gasteiger partial charge in [-0.15, -0.1) is 0 Å². The first-order valence-electron chi connectivity index (χ1n) is 7.40. The van der Waals surface area contributed by atoms with Crippen LogP contribution in [0.3, 0.4) is 0 Å². The van der Waals surface area contributed by atoms with Gasteiger partial charge in [0.1, 0.15) is 18.2 Å². The van der Waals surface area contributed by atoms with E-state index in [-0.39, 0.29) is 17.1 Å². The lowest BCUT2D eigenvalue weighted by atomic mass is 9.93. The minimum atomic E-state index is -0.715. The number of hydrogen-bond acceptors (Lipinski definition) is 3. The van der Waals surface area contributed by atoms with E-state index in [1.165, 1.54) is 15.9 Å². The standard InChI is InChI=1S/C16H16F2N2O2S/c1-9-2-5-13-14(6-9)23-16(22)20(13)8-15(21)19-12-7-10(17)3-4-11(12)18/h3-4,7,9H,2,5-6,8H2,1H3,(H,19,21)/t9-/m0/s1. The van der Waals surface area contributed by atoms with Crippen molar-refractivity contribution in [3.63, 3.8) is 0 Å². The van der Waals surface area contributed by atoms with Gasteiger partial charge in [-0.3, -0.25) is 14.2 Å². The van der Waals surface area contributed by atoms with E-state index in [9.17, 15) is 18.4 Å². The summed E-state index contributed by atoms with van der Waals surface area (Å²) in [5.74, 6) is -1.37. The topological polar surface area (TPSA) is 51.1 Å². The first-order chi connectivity index (χ1) is 10.9. The van der Waals surface area contributed by atoms with E-state index < -0.39 is 17.5 Å². The van der Waals surface area contributed by atoms with Gasteiger partial charge in [0, 0.05) is 16.6 Å². The van der Waals surface area contributed by atoms with Crippen molar-refractivity contribution >= 4 is 22.9 Å². The molecule has 1 heterocycles. The molecule has 0 unspecified atom stereocenters. The molecule has 1 amide bonds. The molecule has 3 rings (SSSR count). The molecule has 0 spiro atoms. The zero-order chi connectivity index (χ0) is 16.6. The monoisotopic (exact) mass is 338 g/mol. The largest absolute Gasteiger partial charge is 0.322 e. The van der Waals surface area contributed by atoms with Gasteiger partial charge < -0.3 is 5.32 Å². The van der Waals surface area contributed by atoms with E-state index >= 15 is 0 Å². The Morgan fingerprint density at radius 2 is 2.22 bits per heavy atom. The number of carbonyl (C=O) groups excluding carboxylic acids is 1. The fourth-order valence-electron chi connectivity index (χ4n) is 2.80. The van der Waals surface area contributed by atoms with E-state index in [1.807, 2.05) is 0 Å². The second kappa shape index (κ2) is 6.23. The fourth-order valence-corrected chi connectivity index (χ4v) is 4.00. The van der Waals surface area contributed by atoms with Crippen LogP contribution in [0.4, 0.5) is 14.5 Å². The number of aromatic nitrogens is 1. The molecule has 0 bridgehead atoms. The molecule has 23 heavy (non-hydrogen) atoms. The maximum Gasteiger partial charge on any atom is 0.308 e. The Bertz CT molecular complexity index is 813. The molecular formula is C16H16F2N2O2S. The van der Waals surface area contributed by atoms with Crippen LogP contribution in [0.2, 0.25) is 0 Å². The fraction of sp³-hybridized carbons (Fsp3) is 0.375. The van der Waals surface area contributed by atoms with Gasteiger partial charge in [0.15, 0.2) is 0 Å². The van der Waals surface area contributed by atoms with Crippen molar-refractivity contribution in [1.29, 1.82) is 0 Å². The summed E-state index contributed by atoms with van der Waals surface area (Å²) in [6.45, 7) is 1.95. The summed E-state index contributed by atoms with van der Waals surface area (Å²) in [5, 5.41) is 2.32. The van der Waals surface area contributed by atoms with Crippen LogP contribution in [0.15, 0.2) is 23.0 Å². The zero-order valence-electron chi connectivity index (χ0n) is 12.6. The Morgan fingerprint density at radius 1 is 1.43 bits per heavy atom. The third-order valence-electron chi connectivity index (χ3n) is 3.99. The number of amides is 1. The molecule has 1 atom stereocenters. The summed E-state index contributed by atoms with van der Waals surface area (Å²) >= 11 is 1.17. The second-order valence-electron chi connectivity index (χ2n) is 5.84. The van der Waals surface area contributed by atoms with E-state index in [0.717, 1.165) is 48.0 Å². The number of rotatable bonds is 3. The summed E-state index contributed by atoms with van der Waals surface area (Å²) in [6.07, 6.45) is 2.59. The van der Waals surface area contributed by atoms with E-state index in [1.54, 1.807) is 0 Å². The van der Waals surface area contributed by atoms with Crippen molar-refractivity contribution in [3.8, 4) is 0 Å². The van der Waals surface area contributed by atoms with Crippen LogP contribution in [0.25, 0.3) is 0 Å². The number of fused-ring (bicyclic) bond motifs is 1. The summed E-state index contributed by atoms with van der Waals surface area (Å²) < 4.78 is 28.1. The predicted octanol–water partition coefficient (Wildman–Crippen LogP) is 2.95. The first-order valence-corrected chi connectivity index (χ1v) is 8.22. The highest BCUT2D eigenvalue weighted by Crippen LogP contribution is 2.27. The molecule has 0 radical (unpaired) electrons.